The fraction of sp³-hybridized carbons (Fsp3) is 0.438. The maximum atomic E-state index is 12.1. The molecule has 21 heavy (non-hydrogen) atoms. The lowest BCUT2D eigenvalue weighted by molar-refractivity contribution is -0.135. The number of hydrogen-bond acceptors (Lipinski definition) is 4. The van der Waals surface area contributed by atoms with Crippen molar-refractivity contribution in [2.24, 2.45) is 5.41 Å². The molecule has 0 bridgehead atoms. The number of aromatic nitrogens is 2. The van der Waals surface area contributed by atoms with Crippen molar-refractivity contribution in [2.75, 3.05) is 7.11 Å². The molecule has 0 atom stereocenters. The molecule has 0 saturated carbocycles. The van der Waals surface area contributed by atoms with Crippen molar-refractivity contribution < 1.29 is 14.3 Å². The Labute approximate surface area is 123 Å². The average molecular weight is 288 g/mol. The number of fused-ring (bicyclic) bond motifs is 1. The first kappa shape index (κ1) is 15.2. The molecule has 0 amide bonds. The zero-order valence-electron chi connectivity index (χ0n) is 13.1. The monoisotopic (exact) mass is 288 g/mol. The standard InChI is InChI=1S/C16H20N2O3/c1-10-13(14(19)15(20)21-5)12-8-11(9-16(2,3)4)6-7-18(12)17-10/h6-8H,9H2,1-5H3. The summed E-state index contributed by atoms with van der Waals surface area (Å²) in [5.74, 6) is -1.52. The Morgan fingerprint density at radius 1 is 1.33 bits per heavy atom. The van der Waals surface area contributed by atoms with E-state index in [0.29, 0.717) is 16.8 Å². The Kier molecular flexibility index (Phi) is 3.85. The number of pyridine rings is 1. The van der Waals surface area contributed by atoms with Gasteiger partial charge in [-0.3, -0.25) is 4.79 Å². The number of nitrogens with zero attached hydrogens (tertiary/aromatic N) is 2. The highest BCUT2D eigenvalue weighted by Crippen LogP contribution is 2.23. The molecule has 0 aromatic carbocycles. The summed E-state index contributed by atoms with van der Waals surface area (Å²) >= 11 is 0. The second-order valence-electron chi connectivity index (χ2n) is 6.38. The van der Waals surface area contributed by atoms with Gasteiger partial charge in [0.2, 0.25) is 0 Å². The number of ether oxygens (including phenoxy) is 1. The van der Waals surface area contributed by atoms with Gasteiger partial charge in [-0.25, -0.2) is 9.31 Å². The molecule has 0 aliphatic heterocycles. The van der Waals surface area contributed by atoms with E-state index in [-0.39, 0.29) is 5.41 Å². The first-order valence-corrected chi connectivity index (χ1v) is 6.83. The minimum atomic E-state index is -0.866. The van der Waals surface area contributed by atoms with Gasteiger partial charge in [0.15, 0.2) is 0 Å². The lowest BCUT2D eigenvalue weighted by Crippen LogP contribution is -2.16. The maximum absolute atomic E-state index is 12.1. The Bertz CT molecular complexity index is 708. The molecule has 2 heterocycles. The van der Waals surface area contributed by atoms with Crippen LogP contribution >= 0.6 is 0 Å². The summed E-state index contributed by atoms with van der Waals surface area (Å²) in [5, 5.41) is 4.28. The summed E-state index contributed by atoms with van der Waals surface area (Å²) in [6.07, 6.45) is 2.69. The topological polar surface area (TPSA) is 60.7 Å². The van der Waals surface area contributed by atoms with E-state index in [1.165, 1.54) is 7.11 Å². The molecule has 5 heteroatoms. The van der Waals surface area contributed by atoms with Crippen LogP contribution in [0.25, 0.3) is 5.52 Å². The van der Waals surface area contributed by atoms with Crippen molar-refractivity contribution in [3.8, 4) is 0 Å². The fourth-order valence-corrected chi connectivity index (χ4v) is 2.41. The van der Waals surface area contributed by atoms with Gasteiger partial charge in [-0.1, -0.05) is 20.8 Å². The van der Waals surface area contributed by atoms with Crippen LogP contribution in [0.4, 0.5) is 0 Å². The largest absolute Gasteiger partial charge is 0.463 e. The molecule has 2 aromatic rings. The second-order valence-corrected chi connectivity index (χ2v) is 6.38. The molecular formula is C16H20N2O3. The van der Waals surface area contributed by atoms with Crippen molar-refractivity contribution in [2.45, 2.75) is 34.1 Å². The van der Waals surface area contributed by atoms with Crippen LogP contribution in [0, 0.1) is 12.3 Å². The summed E-state index contributed by atoms with van der Waals surface area (Å²) in [6.45, 7) is 8.17. The zero-order valence-corrected chi connectivity index (χ0v) is 13.1. The molecule has 0 spiro atoms. The summed E-state index contributed by atoms with van der Waals surface area (Å²) in [5.41, 5.74) is 2.73. The smallest absolute Gasteiger partial charge is 0.379 e. The molecular weight excluding hydrogens is 268 g/mol. The van der Waals surface area contributed by atoms with Crippen LogP contribution in [0.15, 0.2) is 18.3 Å². The number of ketones is 1. The van der Waals surface area contributed by atoms with Gasteiger partial charge in [0.1, 0.15) is 0 Å². The SMILES string of the molecule is COC(=O)C(=O)c1c(C)nn2ccc(CC(C)(C)C)cc12. The van der Waals surface area contributed by atoms with Crippen LogP contribution in [-0.4, -0.2) is 28.5 Å². The summed E-state index contributed by atoms with van der Waals surface area (Å²) < 4.78 is 6.15. The minimum Gasteiger partial charge on any atom is -0.463 e. The van der Waals surface area contributed by atoms with Gasteiger partial charge in [0, 0.05) is 6.20 Å². The van der Waals surface area contributed by atoms with Crippen LogP contribution in [0.3, 0.4) is 0 Å². The maximum Gasteiger partial charge on any atom is 0.379 e. The van der Waals surface area contributed by atoms with E-state index < -0.39 is 11.8 Å². The van der Waals surface area contributed by atoms with Crippen LogP contribution in [0.2, 0.25) is 0 Å². The van der Waals surface area contributed by atoms with Gasteiger partial charge in [0.05, 0.1) is 23.9 Å². The van der Waals surface area contributed by atoms with Crippen LogP contribution in [0.1, 0.15) is 42.4 Å². The predicted octanol–water partition coefficient (Wildman–Crippen LogP) is 2.59. The average Bonchev–Trinajstić information content (AvgIpc) is 2.70. The Morgan fingerprint density at radius 3 is 2.57 bits per heavy atom. The molecule has 112 valence electrons. The molecule has 2 aromatic heterocycles. The number of carbonyl (C=O) groups is 2. The Hall–Kier alpha value is -2.17. The Morgan fingerprint density at radius 2 is 2.00 bits per heavy atom. The van der Waals surface area contributed by atoms with Crippen LogP contribution in [0.5, 0.6) is 0 Å². The number of methoxy groups -OCH3 is 1. The molecule has 0 saturated heterocycles. The number of esters is 1. The lowest BCUT2D eigenvalue weighted by atomic mass is 9.88. The van der Waals surface area contributed by atoms with Crippen LogP contribution in [-0.2, 0) is 16.0 Å². The molecule has 0 aliphatic carbocycles. The summed E-state index contributed by atoms with van der Waals surface area (Å²) in [4.78, 5) is 23.7. The summed E-state index contributed by atoms with van der Waals surface area (Å²) in [7, 11) is 1.20. The van der Waals surface area contributed by atoms with Gasteiger partial charge >= 0.3 is 5.97 Å². The van der Waals surface area contributed by atoms with E-state index in [1.807, 2.05) is 18.3 Å². The van der Waals surface area contributed by atoms with E-state index >= 15 is 0 Å². The highest BCUT2D eigenvalue weighted by molar-refractivity contribution is 6.42. The molecule has 0 radical (unpaired) electrons. The van der Waals surface area contributed by atoms with Crippen molar-refractivity contribution in [1.82, 2.24) is 9.61 Å². The van der Waals surface area contributed by atoms with Crippen molar-refractivity contribution in [3.05, 3.63) is 35.2 Å². The molecule has 5 nitrogen and oxygen atoms in total. The van der Waals surface area contributed by atoms with E-state index in [0.717, 1.165) is 12.0 Å². The number of aryl methyl sites for hydroxylation is 1. The third-order valence-corrected chi connectivity index (χ3v) is 3.21. The van der Waals surface area contributed by atoms with Gasteiger partial charge in [-0.05, 0) is 36.5 Å². The summed E-state index contributed by atoms with van der Waals surface area (Å²) in [6, 6.07) is 3.90. The zero-order chi connectivity index (χ0) is 15.8. The van der Waals surface area contributed by atoms with Crippen molar-refractivity contribution >= 4 is 17.3 Å². The third-order valence-electron chi connectivity index (χ3n) is 3.21. The van der Waals surface area contributed by atoms with E-state index in [9.17, 15) is 9.59 Å². The molecule has 0 unspecified atom stereocenters. The van der Waals surface area contributed by atoms with Gasteiger partial charge in [-0.2, -0.15) is 5.10 Å². The number of rotatable bonds is 3. The van der Waals surface area contributed by atoms with Gasteiger partial charge < -0.3 is 4.74 Å². The molecule has 2 rings (SSSR count). The lowest BCUT2D eigenvalue weighted by Gasteiger charge is -2.18. The quantitative estimate of drug-likeness (QED) is 0.495. The predicted molar refractivity (Wildman–Crippen MR) is 79.4 cm³/mol. The highest BCUT2D eigenvalue weighted by atomic mass is 16.5. The first-order valence-electron chi connectivity index (χ1n) is 6.83. The van der Waals surface area contributed by atoms with Crippen molar-refractivity contribution in [1.29, 1.82) is 0 Å². The van der Waals surface area contributed by atoms with Crippen molar-refractivity contribution in [3.63, 3.8) is 0 Å². The van der Waals surface area contributed by atoms with E-state index in [2.05, 4.69) is 30.6 Å². The Balaban J connectivity index is 2.55. The molecule has 0 N–H and O–H groups in total. The molecule has 0 aliphatic rings. The third kappa shape index (κ3) is 3.12. The van der Waals surface area contributed by atoms with Crippen LogP contribution < -0.4 is 0 Å². The number of Topliss-reactive ketones (excluding diaryl/α,β-unsaturated/α-hetero) is 1. The second kappa shape index (κ2) is 5.31. The van der Waals surface area contributed by atoms with Gasteiger partial charge in [-0.15, -0.1) is 0 Å². The number of hydrogen-bond donors (Lipinski definition) is 0. The number of carbonyl (C=O) groups excluding carboxylic acids is 2. The van der Waals surface area contributed by atoms with Gasteiger partial charge in [0.25, 0.3) is 5.78 Å². The normalized spacial score (nSPS) is 11.7. The highest BCUT2D eigenvalue weighted by Gasteiger charge is 2.24. The fourth-order valence-electron chi connectivity index (χ4n) is 2.41. The molecule has 0 fully saturated rings. The minimum absolute atomic E-state index is 0.139. The van der Waals surface area contributed by atoms with E-state index in [1.54, 1.807) is 11.4 Å². The van der Waals surface area contributed by atoms with E-state index in [4.69, 9.17) is 0 Å². The first-order chi connectivity index (χ1) is 9.73.